The van der Waals surface area contributed by atoms with Crippen LogP contribution in [0.5, 0.6) is 5.88 Å². The first-order valence-electron chi connectivity index (χ1n) is 9.82. The Morgan fingerprint density at radius 3 is 2.85 bits per heavy atom. The maximum Gasteiger partial charge on any atom is 0.258 e. The molecule has 0 fully saturated rings. The first-order valence-corrected chi connectivity index (χ1v) is 9.82. The van der Waals surface area contributed by atoms with Crippen LogP contribution < -0.4 is 10.5 Å². The lowest BCUT2D eigenvalue weighted by Gasteiger charge is -2.23. The maximum atomic E-state index is 14.0. The molecule has 170 valence electrons. The second-order valence-corrected chi connectivity index (χ2v) is 7.45. The van der Waals surface area contributed by atoms with Crippen molar-refractivity contribution < 1.29 is 22.7 Å². The summed E-state index contributed by atoms with van der Waals surface area (Å²) >= 11 is 0. The Bertz CT molecular complexity index is 1290. The molecule has 0 saturated carbocycles. The minimum absolute atomic E-state index is 0.0795. The molecule has 9 nitrogen and oxygen atoms in total. The molecular weight excluding hydrogens is 439 g/mol. The van der Waals surface area contributed by atoms with E-state index in [4.69, 9.17) is 10.5 Å². The molecule has 3 aromatic rings. The number of fused-ring (bicyclic) bond motifs is 5. The quantitative estimate of drug-likeness (QED) is 0.628. The number of hydrogen-bond acceptors (Lipinski definition) is 7. The van der Waals surface area contributed by atoms with Crippen LogP contribution >= 0.6 is 0 Å². The van der Waals surface area contributed by atoms with Gasteiger partial charge in [-0.3, -0.25) is 4.79 Å². The molecule has 0 saturated heterocycles. The summed E-state index contributed by atoms with van der Waals surface area (Å²) in [4.78, 5) is 22.9. The van der Waals surface area contributed by atoms with Gasteiger partial charge in [0.25, 0.3) is 18.2 Å². The number of carbonyl (C=O) groups is 1. The predicted octanol–water partition coefficient (Wildman–Crippen LogP) is 2.92. The highest BCUT2D eigenvalue weighted by Crippen LogP contribution is 2.33. The van der Waals surface area contributed by atoms with Gasteiger partial charge in [0, 0.05) is 18.2 Å². The van der Waals surface area contributed by atoms with Gasteiger partial charge in [0.15, 0.2) is 5.82 Å². The van der Waals surface area contributed by atoms with Gasteiger partial charge in [0.2, 0.25) is 0 Å². The lowest BCUT2D eigenvalue weighted by Crippen LogP contribution is -2.28. The molecule has 0 unspecified atom stereocenters. The fraction of sp³-hybridized carbons (Fsp3) is 0.286. The number of anilines is 1. The minimum Gasteiger partial charge on any atom is -0.467 e. The topological polar surface area (TPSA) is 123 Å². The summed E-state index contributed by atoms with van der Waals surface area (Å²) in [5.41, 5.74) is 6.59. The van der Waals surface area contributed by atoms with Crippen molar-refractivity contribution in [3.8, 4) is 23.2 Å². The normalized spacial score (nSPS) is 15.7. The third kappa shape index (κ3) is 4.05. The summed E-state index contributed by atoms with van der Waals surface area (Å²) in [7, 11) is 1.48. The van der Waals surface area contributed by atoms with Gasteiger partial charge in [-0.25, -0.2) is 27.8 Å². The number of aromatic nitrogens is 4. The zero-order valence-electron chi connectivity index (χ0n) is 17.6. The van der Waals surface area contributed by atoms with Crippen LogP contribution in [0, 0.1) is 17.1 Å². The van der Waals surface area contributed by atoms with Gasteiger partial charge in [-0.1, -0.05) is 0 Å². The zero-order chi connectivity index (χ0) is 23.9. The Morgan fingerprint density at radius 1 is 1.39 bits per heavy atom. The number of amides is 1. The number of carbonyl (C=O) groups excluding carboxylic acids is 1. The summed E-state index contributed by atoms with van der Waals surface area (Å²) in [6, 6.07) is 5.54. The Hall–Kier alpha value is -4.14. The van der Waals surface area contributed by atoms with Crippen LogP contribution in [0.4, 0.5) is 19.0 Å². The first-order chi connectivity index (χ1) is 15.7. The molecule has 0 aliphatic carbocycles. The summed E-state index contributed by atoms with van der Waals surface area (Å²) < 4.78 is 46.9. The third-order valence-electron chi connectivity index (χ3n) is 5.17. The SMILES string of the molecule is C[C@H]1Oc2nc(cnc2N)-c2c(nn(CC(F)F)c2C#N)CN(C)C(=O)c2ccc(F)cc21. The van der Waals surface area contributed by atoms with Gasteiger partial charge in [0.05, 0.1) is 29.7 Å². The molecule has 1 atom stereocenters. The molecule has 0 radical (unpaired) electrons. The fourth-order valence-corrected chi connectivity index (χ4v) is 3.65. The Balaban J connectivity index is 1.97. The van der Waals surface area contributed by atoms with Crippen LogP contribution in [-0.2, 0) is 13.1 Å². The number of ether oxygens (including phenoxy) is 1. The Labute approximate surface area is 186 Å². The highest BCUT2D eigenvalue weighted by molar-refractivity contribution is 5.95. The molecule has 1 aromatic carbocycles. The van der Waals surface area contributed by atoms with E-state index in [-0.39, 0.29) is 52.0 Å². The Morgan fingerprint density at radius 2 is 2.15 bits per heavy atom. The van der Waals surface area contributed by atoms with Crippen molar-refractivity contribution in [1.82, 2.24) is 24.6 Å². The molecule has 1 aliphatic heterocycles. The molecule has 0 spiro atoms. The van der Waals surface area contributed by atoms with Crippen LogP contribution in [0.2, 0.25) is 0 Å². The van der Waals surface area contributed by atoms with Gasteiger partial charge >= 0.3 is 0 Å². The molecule has 4 rings (SSSR count). The van der Waals surface area contributed by atoms with E-state index in [0.717, 1.165) is 10.7 Å². The van der Waals surface area contributed by atoms with Gasteiger partial charge < -0.3 is 15.4 Å². The molecule has 12 heteroatoms. The number of benzene rings is 1. The number of halogens is 3. The van der Waals surface area contributed by atoms with Crippen molar-refractivity contribution >= 4 is 11.7 Å². The van der Waals surface area contributed by atoms with Gasteiger partial charge in [-0.2, -0.15) is 10.4 Å². The summed E-state index contributed by atoms with van der Waals surface area (Å²) in [6.07, 6.45) is -2.34. The number of hydrogen-bond donors (Lipinski definition) is 1. The van der Waals surface area contributed by atoms with Crippen LogP contribution in [0.3, 0.4) is 0 Å². The maximum absolute atomic E-state index is 14.0. The van der Waals surface area contributed by atoms with Gasteiger partial charge in [0.1, 0.15) is 30.2 Å². The van der Waals surface area contributed by atoms with Crippen molar-refractivity contribution in [3.05, 3.63) is 52.7 Å². The van der Waals surface area contributed by atoms with Crippen molar-refractivity contribution in [3.63, 3.8) is 0 Å². The largest absolute Gasteiger partial charge is 0.467 e. The van der Waals surface area contributed by atoms with Gasteiger partial charge in [-0.15, -0.1) is 0 Å². The van der Waals surface area contributed by atoms with Crippen LogP contribution in [-0.4, -0.2) is 44.0 Å². The van der Waals surface area contributed by atoms with Crippen molar-refractivity contribution in [2.24, 2.45) is 0 Å². The van der Waals surface area contributed by atoms with E-state index in [1.54, 1.807) is 6.92 Å². The lowest BCUT2D eigenvalue weighted by atomic mass is 10.0. The smallest absolute Gasteiger partial charge is 0.258 e. The lowest BCUT2D eigenvalue weighted by molar-refractivity contribution is 0.0776. The molecule has 2 N–H and O–H groups in total. The van der Waals surface area contributed by atoms with Crippen molar-refractivity contribution in [1.29, 1.82) is 5.26 Å². The molecule has 1 amide bonds. The predicted molar refractivity (Wildman–Crippen MR) is 110 cm³/mol. The highest BCUT2D eigenvalue weighted by atomic mass is 19.3. The average Bonchev–Trinajstić information content (AvgIpc) is 3.09. The second-order valence-electron chi connectivity index (χ2n) is 7.45. The number of nitriles is 1. The van der Waals surface area contributed by atoms with Crippen molar-refractivity contribution in [2.45, 2.75) is 32.5 Å². The van der Waals surface area contributed by atoms with Crippen LogP contribution in [0.1, 0.15) is 40.3 Å². The van der Waals surface area contributed by atoms with E-state index in [2.05, 4.69) is 15.1 Å². The molecular formula is C21H18F3N7O2. The molecule has 2 aromatic heterocycles. The fourth-order valence-electron chi connectivity index (χ4n) is 3.65. The molecule has 1 aliphatic rings. The summed E-state index contributed by atoms with van der Waals surface area (Å²) in [5.74, 6) is -1.24. The van der Waals surface area contributed by atoms with E-state index in [9.17, 15) is 23.2 Å². The number of nitrogens with zero attached hydrogens (tertiary/aromatic N) is 6. The number of nitrogens with two attached hydrogens (primary N) is 1. The molecule has 2 bridgehead atoms. The van der Waals surface area contributed by atoms with Crippen LogP contribution in [0.25, 0.3) is 11.3 Å². The zero-order valence-corrected chi connectivity index (χ0v) is 17.6. The van der Waals surface area contributed by atoms with E-state index in [1.807, 2.05) is 6.07 Å². The second kappa shape index (κ2) is 8.42. The monoisotopic (exact) mass is 457 g/mol. The van der Waals surface area contributed by atoms with E-state index in [0.29, 0.717) is 0 Å². The number of nitrogen functional groups attached to an aromatic ring is 1. The standard InChI is InChI=1S/C21H18F3N7O2/c1-10-13-5-11(22)3-4-12(13)21(32)30(2)8-15-18(14-7-27-19(26)20(28-14)33-10)16(6-25)31(29-15)9-17(23)24/h3-5,7,10,17H,8-9H2,1-2H3,(H2,26,27)/t10-/m1/s1. The number of rotatable bonds is 2. The van der Waals surface area contributed by atoms with Crippen molar-refractivity contribution in [2.75, 3.05) is 12.8 Å². The van der Waals surface area contributed by atoms with E-state index < -0.39 is 30.8 Å². The van der Waals surface area contributed by atoms with E-state index >= 15 is 0 Å². The third-order valence-corrected chi connectivity index (χ3v) is 5.17. The molecule has 33 heavy (non-hydrogen) atoms. The molecule has 3 heterocycles. The van der Waals surface area contributed by atoms with E-state index in [1.165, 1.54) is 30.3 Å². The average molecular weight is 457 g/mol. The van der Waals surface area contributed by atoms with Gasteiger partial charge in [-0.05, 0) is 25.1 Å². The highest BCUT2D eigenvalue weighted by Gasteiger charge is 2.28. The van der Waals surface area contributed by atoms with Crippen LogP contribution in [0.15, 0.2) is 24.4 Å². The summed E-state index contributed by atoms with van der Waals surface area (Å²) in [5, 5.41) is 13.8. The first kappa shape index (κ1) is 22.1. The number of alkyl halides is 2. The Kier molecular flexibility index (Phi) is 5.63. The summed E-state index contributed by atoms with van der Waals surface area (Å²) in [6.45, 7) is 0.642. The minimum atomic E-state index is -2.77.